The molecule has 0 bridgehead atoms. The summed E-state index contributed by atoms with van der Waals surface area (Å²) in [7, 11) is 0. The van der Waals surface area contributed by atoms with Gasteiger partial charge in [0.15, 0.2) is 0 Å². The van der Waals surface area contributed by atoms with Crippen molar-refractivity contribution >= 4 is 21.8 Å². The molecule has 0 saturated carbocycles. The van der Waals surface area contributed by atoms with E-state index in [0.717, 1.165) is 0 Å². The molecule has 0 aromatic rings. The molecule has 0 radical (unpaired) electrons. The van der Waals surface area contributed by atoms with Crippen molar-refractivity contribution in [1.82, 2.24) is 5.32 Å². The number of nitrogens with one attached hydrogen (secondary N) is 1. The molecule has 1 N–H and O–H groups in total. The van der Waals surface area contributed by atoms with Crippen LogP contribution in [-0.4, -0.2) is 16.8 Å². The third-order valence-electron chi connectivity index (χ3n) is 1.32. The minimum absolute atomic E-state index is 0.0393. The Kier molecular flexibility index (Phi) is 3.76. The number of carbonyl (C=O) groups is 1. The monoisotopic (exact) mass is 235 g/mol. The van der Waals surface area contributed by atoms with E-state index in [2.05, 4.69) is 42.0 Å². The minimum Gasteiger partial charge on any atom is -0.354 e. The predicted octanol–water partition coefficient (Wildman–Crippen LogP) is 2.32. The van der Waals surface area contributed by atoms with E-state index in [-0.39, 0.29) is 11.3 Å². The number of halogens is 1. The fourth-order valence-corrected chi connectivity index (χ4v) is 0.696. The van der Waals surface area contributed by atoms with Crippen LogP contribution in [0.4, 0.5) is 0 Å². The van der Waals surface area contributed by atoms with E-state index in [1.807, 2.05) is 13.8 Å². The van der Waals surface area contributed by atoms with E-state index in [1.54, 1.807) is 0 Å². The smallest absolute Gasteiger partial charge is 0.236 e. The van der Waals surface area contributed by atoms with Gasteiger partial charge in [0, 0.05) is 6.54 Å². The highest BCUT2D eigenvalue weighted by Gasteiger charge is 2.24. The molecule has 1 amide bonds. The van der Waals surface area contributed by atoms with Gasteiger partial charge in [0.2, 0.25) is 5.91 Å². The Hall–Kier alpha value is -0.0500. The highest BCUT2D eigenvalue weighted by atomic mass is 79.9. The molecule has 3 heteroatoms. The third kappa shape index (κ3) is 5.58. The molecular weight excluding hydrogens is 218 g/mol. The molecule has 0 spiro atoms. The van der Waals surface area contributed by atoms with Gasteiger partial charge in [-0.2, -0.15) is 0 Å². The number of hydrogen-bond donors (Lipinski definition) is 1. The summed E-state index contributed by atoms with van der Waals surface area (Å²) in [5, 5.41) is 2.88. The number of rotatable bonds is 2. The van der Waals surface area contributed by atoms with E-state index in [0.29, 0.717) is 6.54 Å². The Labute approximate surface area is 83.2 Å². The van der Waals surface area contributed by atoms with Gasteiger partial charge in [-0.25, -0.2) is 0 Å². The van der Waals surface area contributed by atoms with Crippen molar-refractivity contribution in [3.63, 3.8) is 0 Å². The molecule has 0 fully saturated rings. The molecule has 0 heterocycles. The number of hydrogen-bond acceptors (Lipinski definition) is 1. The van der Waals surface area contributed by atoms with Gasteiger partial charge in [-0.1, -0.05) is 36.7 Å². The average Bonchev–Trinajstić information content (AvgIpc) is 1.78. The lowest BCUT2D eigenvalue weighted by molar-refractivity contribution is -0.122. The zero-order valence-corrected chi connectivity index (χ0v) is 10.1. The van der Waals surface area contributed by atoms with Crippen LogP contribution in [0.25, 0.3) is 0 Å². The number of amides is 1. The normalized spacial score (nSPS) is 12.8. The first-order valence-electron chi connectivity index (χ1n) is 4.10. The molecule has 0 aliphatic carbocycles. The van der Waals surface area contributed by atoms with Crippen LogP contribution in [0, 0.1) is 5.41 Å². The average molecular weight is 236 g/mol. The van der Waals surface area contributed by atoms with Crippen LogP contribution in [-0.2, 0) is 4.79 Å². The zero-order valence-electron chi connectivity index (χ0n) is 8.49. The van der Waals surface area contributed by atoms with E-state index in [4.69, 9.17) is 0 Å². The van der Waals surface area contributed by atoms with Crippen molar-refractivity contribution in [3.05, 3.63) is 0 Å². The van der Waals surface area contributed by atoms with Crippen LogP contribution in [0.3, 0.4) is 0 Å². The van der Waals surface area contributed by atoms with Gasteiger partial charge in [0.1, 0.15) is 0 Å². The molecule has 0 aromatic heterocycles. The lowest BCUT2D eigenvalue weighted by atomic mass is 9.97. The highest BCUT2D eigenvalue weighted by Crippen LogP contribution is 2.17. The second-order valence-electron chi connectivity index (χ2n) is 4.72. The van der Waals surface area contributed by atoms with Crippen molar-refractivity contribution < 1.29 is 4.79 Å². The molecule has 72 valence electrons. The maximum absolute atomic E-state index is 11.4. The van der Waals surface area contributed by atoms with Gasteiger partial charge in [0.25, 0.3) is 0 Å². The maximum atomic E-state index is 11.4. The summed E-state index contributed by atoms with van der Waals surface area (Å²) in [6.07, 6.45) is 0. The molecule has 2 nitrogen and oxygen atoms in total. The Morgan fingerprint density at radius 3 is 1.92 bits per heavy atom. The summed E-state index contributed by atoms with van der Waals surface area (Å²) < 4.78 is -0.460. The molecule has 0 atom stereocenters. The van der Waals surface area contributed by atoms with Crippen LogP contribution in [0.15, 0.2) is 0 Å². The predicted molar refractivity (Wildman–Crippen MR) is 55.5 cm³/mol. The van der Waals surface area contributed by atoms with Crippen LogP contribution in [0.1, 0.15) is 34.6 Å². The second-order valence-corrected chi connectivity index (χ2v) is 6.70. The first kappa shape index (κ1) is 11.9. The van der Waals surface area contributed by atoms with Gasteiger partial charge in [-0.15, -0.1) is 0 Å². The Morgan fingerprint density at radius 1 is 1.25 bits per heavy atom. The lowest BCUT2D eigenvalue weighted by Crippen LogP contribution is -2.41. The summed E-state index contributed by atoms with van der Waals surface area (Å²) in [4.78, 5) is 11.4. The topological polar surface area (TPSA) is 29.1 Å². The summed E-state index contributed by atoms with van der Waals surface area (Å²) in [6, 6.07) is 0. The largest absolute Gasteiger partial charge is 0.354 e. The number of carbonyl (C=O) groups excluding carboxylic acids is 1. The van der Waals surface area contributed by atoms with Crippen molar-refractivity contribution in [3.8, 4) is 0 Å². The quantitative estimate of drug-likeness (QED) is 0.732. The van der Waals surface area contributed by atoms with Crippen molar-refractivity contribution in [2.75, 3.05) is 6.54 Å². The fourth-order valence-electron chi connectivity index (χ4n) is 0.556. The summed E-state index contributed by atoms with van der Waals surface area (Å²) >= 11 is 3.30. The fraction of sp³-hybridized carbons (Fsp3) is 0.889. The molecule has 0 rings (SSSR count). The summed E-state index contributed by atoms with van der Waals surface area (Å²) in [6.45, 7) is 10.7. The van der Waals surface area contributed by atoms with Gasteiger partial charge in [-0.05, 0) is 19.3 Å². The molecule has 0 aromatic carbocycles. The van der Waals surface area contributed by atoms with E-state index in [9.17, 15) is 4.79 Å². The van der Waals surface area contributed by atoms with E-state index in [1.165, 1.54) is 0 Å². The van der Waals surface area contributed by atoms with Crippen molar-refractivity contribution in [2.45, 2.75) is 38.9 Å². The molecular formula is C9H18BrNO. The van der Waals surface area contributed by atoms with Crippen molar-refractivity contribution in [2.24, 2.45) is 5.41 Å². The molecule has 0 saturated heterocycles. The van der Waals surface area contributed by atoms with E-state index >= 15 is 0 Å². The van der Waals surface area contributed by atoms with E-state index < -0.39 is 4.32 Å². The first-order valence-corrected chi connectivity index (χ1v) is 4.89. The Morgan fingerprint density at radius 2 is 1.67 bits per heavy atom. The zero-order chi connectivity index (χ0) is 9.99. The standard InChI is InChI=1S/C9H18BrNO/c1-8(2,3)6-11-7(12)9(4,5)10/h6H2,1-5H3,(H,11,12). The second kappa shape index (κ2) is 3.77. The Bertz CT molecular complexity index is 164. The highest BCUT2D eigenvalue weighted by molar-refractivity contribution is 9.10. The van der Waals surface area contributed by atoms with Gasteiger partial charge >= 0.3 is 0 Å². The first-order chi connectivity index (χ1) is 5.13. The SMILES string of the molecule is CC(C)(C)CNC(=O)C(C)(C)Br. The van der Waals surface area contributed by atoms with Crippen LogP contribution in [0.5, 0.6) is 0 Å². The van der Waals surface area contributed by atoms with Crippen LogP contribution in [0.2, 0.25) is 0 Å². The molecule has 0 aliphatic heterocycles. The molecule has 0 aliphatic rings. The lowest BCUT2D eigenvalue weighted by Gasteiger charge is -2.22. The van der Waals surface area contributed by atoms with Crippen LogP contribution >= 0.6 is 15.9 Å². The maximum Gasteiger partial charge on any atom is 0.236 e. The minimum atomic E-state index is -0.460. The van der Waals surface area contributed by atoms with Gasteiger partial charge in [0.05, 0.1) is 4.32 Å². The third-order valence-corrected chi connectivity index (χ3v) is 1.68. The Balaban J connectivity index is 3.90. The molecule has 12 heavy (non-hydrogen) atoms. The molecule has 0 unspecified atom stereocenters. The van der Waals surface area contributed by atoms with Crippen molar-refractivity contribution in [1.29, 1.82) is 0 Å². The van der Waals surface area contributed by atoms with Gasteiger partial charge < -0.3 is 5.32 Å². The van der Waals surface area contributed by atoms with Crippen LogP contribution < -0.4 is 5.32 Å². The summed E-state index contributed by atoms with van der Waals surface area (Å²) in [5.74, 6) is 0.0393. The van der Waals surface area contributed by atoms with Gasteiger partial charge in [-0.3, -0.25) is 4.79 Å². The summed E-state index contributed by atoms with van der Waals surface area (Å²) in [5.41, 5.74) is 0.147. The number of alkyl halides is 1.